The Balaban J connectivity index is 2.08. The van der Waals surface area contributed by atoms with Gasteiger partial charge in [-0.25, -0.2) is 9.67 Å². The van der Waals surface area contributed by atoms with Gasteiger partial charge in [0.15, 0.2) is 5.82 Å². The van der Waals surface area contributed by atoms with Crippen LogP contribution >= 0.6 is 0 Å². The molecule has 0 aliphatic carbocycles. The second kappa shape index (κ2) is 7.17. The molecule has 0 unspecified atom stereocenters. The Bertz CT molecular complexity index is 855. The highest BCUT2D eigenvalue weighted by Gasteiger charge is 2.19. The summed E-state index contributed by atoms with van der Waals surface area (Å²) in [6.07, 6.45) is 0. The van der Waals surface area contributed by atoms with Crippen LogP contribution in [0.5, 0.6) is 5.75 Å². The van der Waals surface area contributed by atoms with Gasteiger partial charge in [-0.1, -0.05) is 30.3 Å². The number of carbonyl (C=O) groups is 1. The van der Waals surface area contributed by atoms with Gasteiger partial charge in [-0.15, -0.1) is 5.10 Å². The Morgan fingerprint density at radius 3 is 2.36 bits per heavy atom. The maximum absolute atomic E-state index is 12.3. The van der Waals surface area contributed by atoms with Gasteiger partial charge >= 0.3 is 0 Å². The highest BCUT2D eigenvalue weighted by atomic mass is 16.5. The minimum absolute atomic E-state index is 0.0145. The zero-order chi connectivity index (χ0) is 17.8. The molecule has 0 bridgehead atoms. The van der Waals surface area contributed by atoms with Crippen LogP contribution in [0.2, 0.25) is 0 Å². The number of ether oxygens (including phenoxy) is 1. The summed E-state index contributed by atoms with van der Waals surface area (Å²) < 4.78 is 6.87. The topological polar surface area (TPSA) is 69.0 Å². The molecule has 0 saturated carbocycles. The number of hydrogen-bond acceptors (Lipinski definition) is 4. The smallest absolute Gasteiger partial charge is 0.291 e. The van der Waals surface area contributed by atoms with Crippen LogP contribution in [0.25, 0.3) is 17.1 Å². The van der Waals surface area contributed by atoms with Crippen LogP contribution in [-0.2, 0) is 0 Å². The van der Waals surface area contributed by atoms with Gasteiger partial charge in [0.05, 0.1) is 12.8 Å². The van der Waals surface area contributed by atoms with Gasteiger partial charge in [-0.05, 0) is 38.1 Å². The largest absolute Gasteiger partial charge is 0.497 e. The molecule has 1 amide bonds. The molecule has 3 rings (SSSR count). The molecule has 0 aliphatic heterocycles. The predicted molar refractivity (Wildman–Crippen MR) is 95.9 cm³/mol. The van der Waals surface area contributed by atoms with Crippen molar-refractivity contribution < 1.29 is 9.53 Å². The highest BCUT2D eigenvalue weighted by molar-refractivity contribution is 5.91. The van der Waals surface area contributed by atoms with Crippen LogP contribution in [-0.4, -0.2) is 33.8 Å². The lowest BCUT2D eigenvalue weighted by molar-refractivity contribution is 0.0932. The van der Waals surface area contributed by atoms with Crippen molar-refractivity contribution in [3.63, 3.8) is 0 Å². The van der Waals surface area contributed by atoms with Crippen molar-refractivity contribution in [1.29, 1.82) is 0 Å². The van der Waals surface area contributed by atoms with Crippen molar-refractivity contribution in [1.82, 2.24) is 20.1 Å². The Kier molecular flexibility index (Phi) is 4.79. The second-order valence-corrected chi connectivity index (χ2v) is 5.86. The molecule has 2 aromatic carbocycles. The fraction of sp³-hybridized carbons (Fsp3) is 0.211. The average Bonchev–Trinajstić information content (AvgIpc) is 3.07. The van der Waals surface area contributed by atoms with Gasteiger partial charge < -0.3 is 10.1 Å². The lowest BCUT2D eigenvalue weighted by atomic mass is 10.2. The zero-order valence-electron chi connectivity index (χ0n) is 14.4. The molecule has 6 nitrogen and oxygen atoms in total. The van der Waals surface area contributed by atoms with Gasteiger partial charge in [0.2, 0.25) is 5.82 Å². The van der Waals surface area contributed by atoms with E-state index >= 15 is 0 Å². The third-order valence-electron chi connectivity index (χ3n) is 3.58. The normalized spacial score (nSPS) is 10.7. The summed E-state index contributed by atoms with van der Waals surface area (Å²) in [4.78, 5) is 16.8. The summed E-state index contributed by atoms with van der Waals surface area (Å²) in [7, 11) is 1.62. The van der Waals surface area contributed by atoms with Crippen molar-refractivity contribution in [2.24, 2.45) is 0 Å². The molecule has 1 aromatic heterocycles. The fourth-order valence-corrected chi connectivity index (χ4v) is 2.41. The fourth-order valence-electron chi connectivity index (χ4n) is 2.41. The van der Waals surface area contributed by atoms with Crippen LogP contribution in [0.4, 0.5) is 0 Å². The maximum Gasteiger partial charge on any atom is 0.291 e. The van der Waals surface area contributed by atoms with Crippen molar-refractivity contribution in [3.8, 4) is 22.8 Å². The molecule has 128 valence electrons. The summed E-state index contributed by atoms with van der Waals surface area (Å²) >= 11 is 0. The number of methoxy groups -OCH3 is 1. The maximum atomic E-state index is 12.3. The number of nitrogens with zero attached hydrogens (tertiary/aromatic N) is 3. The van der Waals surface area contributed by atoms with E-state index in [1.54, 1.807) is 11.8 Å². The first-order valence-corrected chi connectivity index (χ1v) is 8.06. The number of benzene rings is 2. The zero-order valence-corrected chi connectivity index (χ0v) is 14.4. The molecule has 6 heteroatoms. The number of nitrogens with one attached hydrogen (secondary N) is 1. The molecule has 0 atom stereocenters. The van der Waals surface area contributed by atoms with E-state index < -0.39 is 0 Å². The summed E-state index contributed by atoms with van der Waals surface area (Å²) in [6.45, 7) is 3.80. The van der Waals surface area contributed by atoms with E-state index in [9.17, 15) is 4.79 Å². The number of rotatable bonds is 5. The highest BCUT2D eigenvalue weighted by Crippen LogP contribution is 2.22. The van der Waals surface area contributed by atoms with Gasteiger partial charge in [-0.3, -0.25) is 4.79 Å². The van der Waals surface area contributed by atoms with Crippen molar-refractivity contribution in [2.45, 2.75) is 19.9 Å². The van der Waals surface area contributed by atoms with Gasteiger partial charge in [-0.2, -0.15) is 0 Å². The summed E-state index contributed by atoms with van der Waals surface area (Å²) in [5.74, 6) is 1.21. The molecular weight excluding hydrogens is 316 g/mol. The Morgan fingerprint density at radius 2 is 1.76 bits per heavy atom. The van der Waals surface area contributed by atoms with Crippen molar-refractivity contribution >= 4 is 5.91 Å². The first-order valence-electron chi connectivity index (χ1n) is 8.06. The van der Waals surface area contributed by atoms with Crippen molar-refractivity contribution in [3.05, 3.63) is 60.4 Å². The van der Waals surface area contributed by atoms with Gasteiger partial charge in [0.25, 0.3) is 5.91 Å². The van der Waals surface area contributed by atoms with E-state index in [4.69, 9.17) is 4.74 Å². The standard InChI is InChI=1S/C19H20N4O2/c1-13(2)20-19(24)17-21-18(14-7-5-4-6-8-14)23(22-17)15-9-11-16(25-3)12-10-15/h4-13H,1-3H3,(H,20,24). The first-order chi connectivity index (χ1) is 12.1. The third-order valence-corrected chi connectivity index (χ3v) is 3.58. The Morgan fingerprint density at radius 1 is 1.08 bits per heavy atom. The van der Waals surface area contributed by atoms with E-state index in [0.29, 0.717) is 5.82 Å². The van der Waals surface area contributed by atoms with E-state index in [2.05, 4.69) is 15.4 Å². The first kappa shape index (κ1) is 16.7. The summed E-state index contributed by atoms with van der Waals surface area (Å²) in [5.41, 5.74) is 1.69. The predicted octanol–water partition coefficient (Wildman–Crippen LogP) is 3.08. The summed E-state index contributed by atoms with van der Waals surface area (Å²) in [6, 6.07) is 17.1. The molecule has 3 aromatic rings. The van der Waals surface area contributed by atoms with Crippen molar-refractivity contribution in [2.75, 3.05) is 7.11 Å². The number of amides is 1. The molecule has 25 heavy (non-hydrogen) atoms. The SMILES string of the molecule is COc1ccc(-n2nc(C(=O)NC(C)C)nc2-c2ccccc2)cc1. The van der Waals surface area contributed by atoms with E-state index in [1.165, 1.54) is 0 Å². The summed E-state index contributed by atoms with van der Waals surface area (Å²) in [5, 5.41) is 7.24. The monoisotopic (exact) mass is 336 g/mol. The van der Waals surface area contributed by atoms with Crippen LogP contribution in [0, 0.1) is 0 Å². The molecular formula is C19H20N4O2. The molecule has 0 spiro atoms. The van der Waals surface area contributed by atoms with Gasteiger partial charge in [0, 0.05) is 11.6 Å². The molecule has 1 heterocycles. The molecule has 0 radical (unpaired) electrons. The molecule has 1 N–H and O–H groups in total. The van der Waals surface area contributed by atoms with Gasteiger partial charge in [0.1, 0.15) is 5.75 Å². The molecule has 0 fully saturated rings. The Hall–Kier alpha value is -3.15. The number of carbonyl (C=O) groups excluding carboxylic acids is 1. The van der Waals surface area contributed by atoms with Crippen LogP contribution < -0.4 is 10.1 Å². The lowest BCUT2D eigenvalue weighted by Crippen LogP contribution is -2.31. The van der Waals surface area contributed by atoms with E-state index in [-0.39, 0.29) is 17.8 Å². The van der Waals surface area contributed by atoms with Crippen LogP contribution in [0.1, 0.15) is 24.5 Å². The molecule has 0 saturated heterocycles. The van der Waals surface area contributed by atoms with E-state index in [1.807, 2.05) is 68.4 Å². The Labute approximate surface area is 146 Å². The van der Waals surface area contributed by atoms with E-state index in [0.717, 1.165) is 17.0 Å². The second-order valence-electron chi connectivity index (χ2n) is 5.86. The molecule has 0 aliphatic rings. The number of hydrogen-bond donors (Lipinski definition) is 1. The number of aromatic nitrogens is 3. The van der Waals surface area contributed by atoms with Crippen LogP contribution in [0.15, 0.2) is 54.6 Å². The third kappa shape index (κ3) is 3.68. The minimum atomic E-state index is -0.292. The minimum Gasteiger partial charge on any atom is -0.497 e. The van der Waals surface area contributed by atoms with Crippen LogP contribution in [0.3, 0.4) is 0 Å². The lowest BCUT2D eigenvalue weighted by Gasteiger charge is -2.07. The average molecular weight is 336 g/mol. The quantitative estimate of drug-likeness (QED) is 0.777.